The predicted molar refractivity (Wildman–Crippen MR) is 107 cm³/mol. The molecule has 2 aromatic carbocycles. The Morgan fingerprint density at radius 1 is 1.13 bits per heavy atom. The number of carbonyl (C=O) groups is 4. The number of hydrogen-bond acceptors (Lipinski definition) is 7. The van der Waals surface area contributed by atoms with Crippen LogP contribution in [0.25, 0.3) is 0 Å². The molecule has 2 aliphatic rings. The van der Waals surface area contributed by atoms with Crippen molar-refractivity contribution in [2.45, 2.75) is 19.4 Å². The van der Waals surface area contributed by atoms with Gasteiger partial charge in [-0.25, -0.2) is 0 Å². The summed E-state index contributed by atoms with van der Waals surface area (Å²) in [6.07, 6.45) is 0.684. The van der Waals surface area contributed by atoms with Gasteiger partial charge < -0.3 is 9.64 Å². The van der Waals surface area contributed by atoms with Crippen molar-refractivity contribution < 1.29 is 28.8 Å². The minimum Gasteiger partial charge on any atom is -0.454 e. The number of amides is 3. The SMILES string of the molecule is C[C@@H]1Cc2ccccc2N1C(=O)COC(=O)CN1C(=O)c2cccc([N+](=O)[O-])c2C1=O. The van der Waals surface area contributed by atoms with Crippen molar-refractivity contribution in [1.29, 1.82) is 0 Å². The van der Waals surface area contributed by atoms with Crippen molar-refractivity contribution in [1.82, 2.24) is 4.90 Å². The van der Waals surface area contributed by atoms with E-state index in [0.717, 1.165) is 17.3 Å². The van der Waals surface area contributed by atoms with Crippen molar-refractivity contribution in [2.75, 3.05) is 18.1 Å². The van der Waals surface area contributed by atoms with Gasteiger partial charge in [0.25, 0.3) is 23.4 Å². The van der Waals surface area contributed by atoms with E-state index in [9.17, 15) is 29.3 Å². The zero-order chi connectivity index (χ0) is 22.3. The third kappa shape index (κ3) is 3.41. The number of ether oxygens (including phenoxy) is 1. The highest BCUT2D eigenvalue weighted by atomic mass is 16.6. The standard InChI is InChI=1S/C21H17N3O7/c1-12-9-13-5-2-3-7-15(13)23(12)17(25)11-31-18(26)10-22-20(27)14-6-4-8-16(24(29)30)19(14)21(22)28/h2-8,12H,9-11H2,1H3/t12-/m1/s1. The zero-order valence-electron chi connectivity index (χ0n) is 16.4. The van der Waals surface area contributed by atoms with E-state index in [4.69, 9.17) is 4.74 Å². The lowest BCUT2D eigenvalue weighted by Gasteiger charge is -2.22. The number of hydrogen-bond donors (Lipinski definition) is 0. The van der Waals surface area contributed by atoms with Gasteiger partial charge in [0, 0.05) is 17.8 Å². The molecule has 4 rings (SSSR count). The number of nitrogens with zero attached hydrogens (tertiary/aromatic N) is 3. The normalized spacial score (nSPS) is 16.9. The fraction of sp³-hybridized carbons (Fsp3) is 0.238. The molecule has 2 heterocycles. The van der Waals surface area contributed by atoms with Gasteiger partial charge in [0.1, 0.15) is 12.1 Å². The van der Waals surface area contributed by atoms with Crippen molar-refractivity contribution in [3.63, 3.8) is 0 Å². The summed E-state index contributed by atoms with van der Waals surface area (Å²) in [5.41, 5.74) is 0.754. The van der Waals surface area contributed by atoms with Gasteiger partial charge in [-0.2, -0.15) is 0 Å². The largest absolute Gasteiger partial charge is 0.454 e. The average molecular weight is 423 g/mol. The highest BCUT2D eigenvalue weighted by Crippen LogP contribution is 2.32. The maximum Gasteiger partial charge on any atom is 0.326 e. The molecule has 1 atom stereocenters. The second-order valence-corrected chi connectivity index (χ2v) is 7.26. The van der Waals surface area contributed by atoms with E-state index in [1.165, 1.54) is 12.1 Å². The molecule has 2 aromatic rings. The first-order valence-electron chi connectivity index (χ1n) is 9.48. The van der Waals surface area contributed by atoms with E-state index in [0.29, 0.717) is 11.3 Å². The molecule has 0 bridgehead atoms. The third-order valence-electron chi connectivity index (χ3n) is 5.29. The molecule has 0 saturated carbocycles. The van der Waals surface area contributed by atoms with Crippen molar-refractivity contribution in [2.24, 2.45) is 0 Å². The van der Waals surface area contributed by atoms with Crippen LogP contribution in [0.15, 0.2) is 42.5 Å². The van der Waals surface area contributed by atoms with Crippen LogP contribution < -0.4 is 4.90 Å². The van der Waals surface area contributed by atoms with Crippen LogP contribution >= 0.6 is 0 Å². The molecule has 158 valence electrons. The van der Waals surface area contributed by atoms with Gasteiger partial charge in [-0.15, -0.1) is 0 Å². The number of carbonyl (C=O) groups excluding carboxylic acids is 4. The van der Waals surface area contributed by atoms with Gasteiger partial charge in [0.15, 0.2) is 6.61 Å². The number of esters is 1. The number of para-hydroxylation sites is 1. The Morgan fingerprint density at radius 2 is 1.87 bits per heavy atom. The minimum absolute atomic E-state index is 0.0969. The van der Waals surface area contributed by atoms with Crippen LogP contribution in [0, 0.1) is 10.1 Å². The highest BCUT2D eigenvalue weighted by Gasteiger charge is 2.42. The topological polar surface area (TPSA) is 127 Å². The van der Waals surface area contributed by atoms with Crippen molar-refractivity contribution in [3.05, 3.63) is 69.3 Å². The first-order valence-corrected chi connectivity index (χ1v) is 9.48. The van der Waals surface area contributed by atoms with Crippen LogP contribution in [-0.2, 0) is 20.7 Å². The predicted octanol–water partition coefficient (Wildman–Crippen LogP) is 1.71. The summed E-state index contributed by atoms with van der Waals surface area (Å²) in [7, 11) is 0. The number of nitro benzene ring substituents is 1. The summed E-state index contributed by atoms with van der Waals surface area (Å²) >= 11 is 0. The Labute approximate surface area is 176 Å². The van der Waals surface area contributed by atoms with Gasteiger partial charge in [0.05, 0.1) is 10.5 Å². The molecule has 10 nitrogen and oxygen atoms in total. The number of nitro groups is 1. The van der Waals surface area contributed by atoms with Crippen LogP contribution in [0.1, 0.15) is 33.2 Å². The minimum atomic E-state index is -0.967. The summed E-state index contributed by atoms with van der Waals surface area (Å²) in [6, 6.07) is 11.0. The molecular formula is C21H17N3O7. The smallest absolute Gasteiger partial charge is 0.326 e. The van der Waals surface area contributed by atoms with E-state index >= 15 is 0 Å². The summed E-state index contributed by atoms with van der Waals surface area (Å²) in [5, 5.41) is 11.1. The molecule has 0 radical (unpaired) electrons. The molecular weight excluding hydrogens is 406 g/mol. The summed E-state index contributed by atoms with van der Waals surface area (Å²) in [6.45, 7) is 0.579. The van der Waals surface area contributed by atoms with E-state index in [2.05, 4.69) is 0 Å². The van der Waals surface area contributed by atoms with E-state index < -0.39 is 47.5 Å². The summed E-state index contributed by atoms with van der Waals surface area (Å²) < 4.78 is 5.00. The number of fused-ring (bicyclic) bond motifs is 2. The Hall–Kier alpha value is -4.08. The van der Waals surface area contributed by atoms with Crippen LogP contribution in [0.2, 0.25) is 0 Å². The molecule has 31 heavy (non-hydrogen) atoms. The van der Waals surface area contributed by atoms with Gasteiger partial charge in [-0.3, -0.25) is 34.2 Å². The second-order valence-electron chi connectivity index (χ2n) is 7.26. The lowest BCUT2D eigenvalue weighted by atomic mass is 10.1. The first-order chi connectivity index (χ1) is 14.8. The fourth-order valence-corrected chi connectivity index (χ4v) is 3.94. The second kappa shape index (κ2) is 7.63. The van der Waals surface area contributed by atoms with Crippen LogP contribution in [0.4, 0.5) is 11.4 Å². The number of imide groups is 1. The van der Waals surface area contributed by atoms with Gasteiger partial charge in [0.2, 0.25) is 0 Å². The Balaban J connectivity index is 1.41. The number of anilines is 1. The van der Waals surface area contributed by atoms with E-state index in [1.807, 2.05) is 31.2 Å². The summed E-state index contributed by atoms with van der Waals surface area (Å²) in [4.78, 5) is 62.3. The van der Waals surface area contributed by atoms with Gasteiger partial charge >= 0.3 is 5.97 Å². The first kappa shape index (κ1) is 20.2. The molecule has 0 aromatic heterocycles. The van der Waals surface area contributed by atoms with Crippen molar-refractivity contribution >= 4 is 35.1 Å². The fourth-order valence-electron chi connectivity index (χ4n) is 3.94. The third-order valence-corrected chi connectivity index (χ3v) is 5.29. The van der Waals surface area contributed by atoms with Crippen LogP contribution in [-0.4, -0.2) is 52.7 Å². The lowest BCUT2D eigenvalue weighted by molar-refractivity contribution is -0.385. The Morgan fingerprint density at radius 3 is 2.61 bits per heavy atom. The van der Waals surface area contributed by atoms with E-state index in [1.54, 1.807) is 4.90 Å². The monoisotopic (exact) mass is 423 g/mol. The van der Waals surface area contributed by atoms with Crippen LogP contribution in [0.3, 0.4) is 0 Å². The number of rotatable bonds is 5. The molecule has 0 saturated heterocycles. The summed E-state index contributed by atoms with van der Waals surface area (Å²) in [5.74, 6) is -3.17. The zero-order valence-corrected chi connectivity index (χ0v) is 16.4. The number of benzene rings is 2. The molecule has 0 fully saturated rings. The van der Waals surface area contributed by atoms with Gasteiger partial charge in [-0.05, 0) is 31.0 Å². The quantitative estimate of drug-likeness (QED) is 0.310. The van der Waals surface area contributed by atoms with Crippen molar-refractivity contribution in [3.8, 4) is 0 Å². The molecule has 0 aliphatic carbocycles. The highest BCUT2D eigenvalue weighted by molar-refractivity contribution is 6.24. The average Bonchev–Trinajstić information content (AvgIpc) is 3.20. The Bertz CT molecular complexity index is 1140. The molecule has 0 unspecified atom stereocenters. The van der Waals surface area contributed by atoms with Gasteiger partial charge in [-0.1, -0.05) is 24.3 Å². The maximum absolute atomic E-state index is 12.6. The van der Waals surface area contributed by atoms with Crippen LogP contribution in [0.5, 0.6) is 0 Å². The van der Waals surface area contributed by atoms with E-state index in [-0.39, 0.29) is 17.2 Å². The molecule has 0 spiro atoms. The lowest BCUT2D eigenvalue weighted by Crippen LogP contribution is -2.40. The molecule has 3 amide bonds. The molecule has 10 heteroatoms. The maximum atomic E-state index is 12.6. The molecule has 0 N–H and O–H groups in total. The Kier molecular flexibility index (Phi) is 4.97. The molecule has 2 aliphatic heterocycles.